The molecule has 1 aromatic carbocycles. The minimum atomic E-state index is -3.48. The highest BCUT2D eigenvalue weighted by atomic mass is 35.5. The Kier molecular flexibility index (Phi) is 3.59. The van der Waals surface area contributed by atoms with Crippen molar-refractivity contribution in [2.24, 2.45) is 0 Å². The number of sulfone groups is 1. The maximum Gasteiger partial charge on any atom is 0.167 e. The van der Waals surface area contributed by atoms with E-state index in [1.54, 1.807) is 24.3 Å². The van der Waals surface area contributed by atoms with E-state index in [4.69, 9.17) is 17.3 Å². The molecule has 0 aromatic heterocycles. The van der Waals surface area contributed by atoms with Gasteiger partial charge in [0, 0.05) is 11.9 Å². The molecule has 0 spiro atoms. The summed E-state index contributed by atoms with van der Waals surface area (Å²) in [6.07, 6.45) is -0.271. The average Bonchev–Trinajstić information content (AvgIpc) is 2.15. The molecule has 84 valence electrons. The Labute approximate surface area is 93.6 Å². The van der Waals surface area contributed by atoms with Crippen molar-refractivity contribution in [3.63, 3.8) is 0 Å². The van der Waals surface area contributed by atoms with Crippen molar-refractivity contribution < 1.29 is 13.5 Å². The van der Waals surface area contributed by atoms with E-state index in [2.05, 4.69) is 0 Å². The first-order valence-electron chi connectivity index (χ1n) is 4.19. The van der Waals surface area contributed by atoms with Crippen molar-refractivity contribution >= 4 is 27.1 Å². The summed E-state index contributed by atoms with van der Waals surface area (Å²) in [6, 6.07) is 6.23. The van der Waals surface area contributed by atoms with E-state index in [0.29, 0.717) is 11.3 Å². The van der Waals surface area contributed by atoms with Gasteiger partial charge >= 0.3 is 0 Å². The minimum Gasteiger partial charge on any atom is -0.399 e. The number of alkyl halides is 1. The van der Waals surface area contributed by atoms with Crippen molar-refractivity contribution in [3.05, 3.63) is 29.8 Å². The topological polar surface area (TPSA) is 80.4 Å². The van der Waals surface area contributed by atoms with Gasteiger partial charge in [-0.1, -0.05) is 12.1 Å². The Morgan fingerprint density at radius 2 is 1.80 bits per heavy atom. The van der Waals surface area contributed by atoms with Crippen LogP contribution in [0.4, 0.5) is 5.69 Å². The van der Waals surface area contributed by atoms with Gasteiger partial charge in [0.1, 0.15) is 6.10 Å². The number of hydrogen-bond acceptors (Lipinski definition) is 4. The minimum absolute atomic E-state index is 0.426. The number of halogens is 1. The normalized spacial score (nSPS) is 15.9. The molecular weight excluding hydrogens is 238 g/mol. The molecule has 0 aliphatic heterocycles. The molecule has 0 fully saturated rings. The van der Waals surface area contributed by atoms with Crippen LogP contribution < -0.4 is 5.73 Å². The summed E-state index contributed by atoms with van der Waals surface area (Å²) in [5, 5.41) is 9.66. The second kappa shape index (κ2) is 4.38. The SMILES string of the molecule is CS(=O)(=O)[C@@H](Cl)[C@@H](O)c1ccc(N)cc1. The van der Waals surface area contributed by atoms with Crippen LogP contribution in [-0.4, -0.2) is 24.5 Å². The third kappa shape index (κ3) is 3.09. The maximum absolute atomic E-state index is 11.1. The van der Waals surface area contributed by atoms with Crippen molar-refractivity contribution in [3.8, 4) is 0 Å². The highest BCUT2D eigenvalue weighted by molar-refractivity contribution is 7.92. The molecule has 0 radical (unpaired) electrons. The van der Waals surface area contributed by atoms with Gasteiger partial charge in [-0.15, -0.1) is 11.6 Å². The summed E-state index contributed by atoms with van der Waals surface area (Å²) >= 11 is 5.61. The summed E-state index contributed by atoms with van der Waals surface area (Å²) in [4.78, 5) is 0. The molecule has 0 unspecified atom stereocenters. The smallest absolute Gasteiger partial charge is 0.167 e. The number of anilines is 1. The first-order chi connectivity index (χ1) is 6.82. The van der Waals surface area contributed by atoms with Gasteiger partial charge in [0.15, 0.2) is 14.5 Å². The summed E-state index contributed by atoms with van der Waals surface area (Å²) in [7, 11) is -3.48. The zero-order chi connectivity index (χ0) is 11.6. The molecule has 0 saturated carbocycles. The van der Waals surface area contributed by atoms with Gasteiger partial charge in [0.25, 0.3) is 0 Å². The molecule has 15 heavy (non-hydrogen) atoms. The predicted octanol–water partition coefficient (Wildman–Crippen LogP) is 0.912. The van der Waals surface area contributed by atoms with Gasteiger partial charge in [-0.2, -0.15) is 0 Å². The molecule has 0 bridgehead atoms. The van der Waals surface area contributed by atoms with E-state index in [1.165, 1.54) is 0 Å². The highest BCUT2D eigenvalue weighted by Gasteiger charge is 2.27. The van der Waals surface area contributed by atoms with Crippen molar-refractivity contribution in [1.29, 1.82) is 0 Å². The summed E-state index contributed by atoms with van der Waals surface area (Å²) in [5.74, 6) is 0. The molecule has 4 nitrogen and oxygen atoms in total. The van der Waals surface area contributed by atoms with Gasteiger partial charge in [-0.25, -0.2) is 8.42 Å². The van der Waals surface area contributed by atoms with Crippen LogP contribution in [0, 0.1) is 0 Å². The van der Waals surface area contributed by atoms with Gasteiger partial charge in [0.05, 0.1) is 0 Å². The molecule has 1 rings (SSSR count). The monoisotopic (exact) mass is 249 g/mol. The van der Waals surface area contributed by atoms with Gasteiger partial charge in [-0.3, -0.25) is 0 Å². The van der Waals surface area contributed by atoms with E-state index >= 15 is 0 Å². The molecule has 1 aromatic rings. The van der Waals surface area contributed by atoms with Gasteiger partial charge < -0.3 is 10.8 Å². The molecule has 0 saturated heterocycles. The van der Waals surface area contributed by atoms with Crippen molar-refractivity contribution in [2.75, 3.05) is 12.0 Å². The molecule has 0 aliphatic rings. The zero-order valence-electron chi connectivity index (χ0n) is 8.09. The molecule has 3 N–H and O–H groups in total. The number of nitrogen functional groups attached to an aromatic ring is 1. The number of aliphatic hydroxyl groups is 1. The zero-order valence-corrected chi connectivity index (χ0v) is 9.66. The summed E-state index contributed by atoms with van der Waals surface area (Å²) < 4.78 is 20.8. The van der Waals surface area contributed by atoms with Crippen molar-refractivity contribution in [1.82, 2.24) is 0 Å². The first-order valence-corrected chi connectivity index (χ1v) is 6.58. The fourth-order valence-electron chi connectivity index (χ4n) is 1.08. The maximum atomic E-state index is 11.1. The molecule has 0 heterocycles. The number of aliphatic hydroxyl groups excluding tert-OH is 1. The number of nitrogens with two attached hydrogens (primary N) is 1. The van der Waals surface area contributed by atoms with E-state index in [9.17, 15) is 13.5 Å². The molecule has 6 heteroatoms. The Morgan fingerprint density at radius 1 is 1.33 bits per heavy atom. The van der Waals surface area contributed by atoms with Crippen LogP contribution in [0.5, 0.6) is 0 Å². The van der Waals surface area contributed by atoms with Crippen LogP contribution in [0.25, 0.3) is 0 Å². The third-order valence-corrected chi connectivity index (χ3v) is 4.22. The fraction of sp³-hybridized carbons (Fsp3) is 0.333. The van der Waals surface area contributed by atoms with Crippen LogP contribution in [-0.2, 0) is 9.84 Å². The average molecular weight is 250 g/mol. The largest absolute Gasteiger partial charge is 0.399 e. The van der Waals surface area contributed by atoms with Crippen LogP contribution in [0.1, 0.15) is 11.7 Å². The number of rotatable bonds is 3. The Bertz CT molecular complexity index is 429. The second-order valence-corrected chi connectivity index (χ2v) is 6.19. The standard InChI is InChI=1S/C9H12ClNO3S/c1-15(13,14)9(10)8(12)6-2-4-7(11)5-3-6/h2-5,8-9,12H,11H2,1H3/t8-,9+/m0/s1. The summed E-state index contributed by atoms with van der Waals surface area (Å²) in [5.41, 5.74) is 6.42. The predicted molar refractivity (Wildman–Crippen MR) is 60.3 cm³/mol. The van der Waals surface area contributed by atoms with Crippen molar-refractivity contribution in [2.45, 2.75) is 10.8 Å². The number of benzene rings is 1. The highest BCUT2D eigenvalue weighted by Crippen LogP contribution is 2.25. The molecule has 2 atom stereocenters. The van der Waals surface area contributed by atoms with E-state index in [0.717, 1.165) is 6.26 Å². The van der Waals surface area contributed by atoms with E-state index < -0.39 is 20.7 Å². The fourth-order valence-corrected chi connectivity index (χ4v) is 1.85. The lowest BCUT2D eigenvalue weighted by atomic mass is 10.1. The molecule has 0 amide bonds. The van der Waals surface area contributed by atoms with E-state index in [-0.39, 0.29) is 0 Å². The van der Waals surface area contributed by atoms with Crippen LogP contribution in [0.3, 0.4) is 0 Å². The molecular formula is C9H12ClNO3S. The summed E-state index contributed by atoms with van der Waals surface area (Å²) in [6.45, 7) is 0. The quantitative estimate of drug-likeness (QED) is 0.616. The Hall–Kier alpha value is -0.780. The first kappa shape index (κ1) is 12.3. The second-order valence-electron chi connectivity index (χ2n) is 3.29. The van der Waals surface area contributed by atoms with E-state index in [1.807, 2.05) is 0 Å². The van der Waals surface area contributed by atoms with Crippen LogP contribution in [0.15, 0.2) is 24.3 Å². The molecule has 0 aliphatic carbocycles. The van der Waals surface area contributed by atoms with Crippen LogP contribution in [0.2, 0.25) is 0 Å². The van der Waals surface area contributed by atoms with Gasteiger partial charge in [0.2, 0.25) is 0 Å². The third-order valence-electron chi connectivity index (χ3n) is 1.94. The Balaban J connectivity index is 2.95. The lowest BCUT2D eigenvalue weighted by Crippen LogP contribution is -2.21. The van der Waals surface area contributed by atoms with Gasteiger partial charge in [-0.05, 0) is 17.7 Å². The Morgan fingerprint density at radius 3 is 2.20 bits per heavy atom. The lowest BCUT2D eigenvalue weighted by Gasteiger charge is -2.15. The van der Waals surface area contributed by atoms with Crippen LogP contribution >= 0.6 is 11.6 Å². The number of hydrogen-bond donors (Lipinski definition) is 2. The lowest BCUT2D eigenvalue weighted by molar-refractivity contribution is 0.192.